The number of pyridine rings is 2. The Hall–Kier alpha value is -3.66. The molecule has 3 heterocycles. The molecule has 1 fully saturated rings. The smallest absolute Gasteiger partial charge is 0.148 e. The molecule has 4 rings (SSSR count). The summed E-state index contributed by atoms with van der Waals surface area (Å²) in [5.74, 6) is 1.60. The first-order valence-corrected chi connectivity index (χ1v) is 12.0. The van der Waals surface area contributed by atoms with Gasteiger partial charge in [0, 0.05) is 30.8 Å². The van der Waals surface area contributed by atoms with Crippen molar-refractivity contribution < 1.29 is 13.9 Å². The molecular weight excluding hydrogens is 465 g/mol. The number of anilines is 1. The maximum Gasteiger partial charge on any atom is 0.148 e. The highest BCUT2D eigenvalue weighted by Crippen LogP contribution is 2.41. The second-order valence-electron chi connectivity index (χ2n) is 8.37. The second-order valence-corrected chi connectivity index (χ2v) is 9.34. The molecule has 0 spiro atoms. The number of rotatable bonds is 9. The molecular formula is C26H24FN5O2S. The summed E-state index contributed by atoms with van der Waals surface area (Å²) in [5.41, 5.74) is 1.39. The average Bonchev–Trinajstić information content (AvgIpc) is 2.86. The number of alkyl halides is 1. The molecule has 0 radical (unpaired) electrons. The molecule has 178 valence electrons. The number of methoxy groups -OCH3 is 1. The number of nitriles is 2. The molecule has 3 aromatic rings. The van der Waals surface area contributed by atoms with E-state index in [0.717, 1.165) is 5.56 Å². The Morgan fingerprint density at radius 2 is 1.86 bits per heavy atom. The molecule has 1 saturated heterocycles. The predicted molar refractivity (Wildman–Crippen MR) is 132 cm³/mol. The van der Waals surface area contributed by atoms with Crippen LogP contribution < -0.4 is 9.64 Å². The van der Waals surface area contributed by atoms with Crippen LogP contribution in [0.1, 0.15) is 23.6 Å². The van der Waals surface area contributed by atoms with Crippen LogP contribution in [0, 0.1) is 22.7 Å². The highest BCUT2D eigenvalue weighted by molar-refractivity contribution is 7.98. The van der Waals surface area contributed by atoms with Gasteiger partial charge in [0.25, 0.3) is 0 Å². The van der Waals surface area contributed by atoms with Crippen molar-refractivity contribution in [2.45, 2.75) is 23.4 Å². The number of halogens is 1. The van der Waals surface area contributed by atoms with Gasteiger partial charge >= 0.3 is 0 Å². The Morgan fingerprint density at radius 1 is 1.11 bits per heavy atom. The predicted octanol–water partition coefficient (Wildman–Crippen LogP) is 4.75. The van der Waals surface area contributed by atoms with E-state index in [2.05, 4.69) is 22.1 Å². The lowest BCUT2D eigenvalue weighted by Gasteiger charge is -2.43. The van der Waals surface area contributed by atoms with Crippen LogP contribution in [0.25, 0.3) is 11.1 Å². The number of ether oxygens (including phenoxy) is 2. The monoisotopic (exact) mass is 489 g/mol. The number of nitrogens with zero attached hydrogens (tertiary/aromatic N) is 5. The van der Waals surface area contributed by atoms with Crippen LogP contribution in [-0.2, 0) is 10.5 Å². The summed E-state index contributed by atoms with van der Waals surface area (Å²) in [6.45, 7) is 2.68. The van der Waals surface area contributed by atoms with Gasteiger partial charge in [-0.1, -0.05) is 18.2 Å². The Labute approximate surface area is 208 Å². The third kappa shape index (κ3) is 5.54. The van der Waals surface area contributed by atoms with E-state index in [4.69, 9.17) is 9.47 Å². The minimum atomic E-state index is -1.34. The van der Waals surface area contributed by atoms with Gasteiger partial charge in [0.05, 0.1) is 25.3 Å². The van der Waals surface area contributed by atoms with E-state index < -0.39 is 5.67 Å². The average molecular weight is 490 g/mol. The highest BCUT2D eigenvalue weighted by Gasteiger charge is 2.41. The lowest BCUT2D eigenvalue weighted by Crippen LogP contribution is -2.57. The lowest BCUT2D eigenvalue weighted by atomic mass is 9.93. The molecule has 0 N–H and O–H groups in total. The number of hydrogen-bond acceptors (Lipinski definition) is 8. The maximum atomic E-state index is 14.3. The molecule has 1 aliphatic rings. The van der Waals surface area contributed by atoms with Crippen molar-refractivity contribution in [2.24, 2.45) is 0 Å². The first-order valence-electron chi connectivity index (χ1n) is 11.0. The molecule has 0 amide bonds. The van der Waals surface area contributed by atoms with Gasteiger partial charge in [-0.25, -0.2) is 9.37 Å². The quantitative estimate of drug-likeness (QED) is 0.314. The minimum Gasteiger partial charge on any atom is -0.491 e. The van der Waals surface area contributed by atoms with E-state index in [-0.39, 0.29) is 18.7 Å². The van der Waals surface area contributed by atoms with Crippen LogP contribution in [-0.4, -0.2) is 49.0 Å². The largest absolute Gasteiger partial charge is 0.491 e. The summed E-state index contributed by atoms with van der Waals surface area (Å²) in [5, 5.41) is 20.7. The first-order chi connectivity index (χ1) is 17.0. The van der Waals surface area contributed by atoms with Crippen LogP contribution in [0.3, 0.4) is 0 Å². The van der Waals surface area contributed by atoms with Crippen LogP contribution in [0.4, 0.5) is 10.2 Å². The maximum absolute atomic E-state index is 14.3. The van der Waals surface area contributed by atoms with E-state index in [9.17, 15) is 14.9 Å². The van der Waals surface area contributed by atoms with Crippen molar-refractivity contribution in [2.75, 3.05) is 38.3 Å². The van der Waals surface area contributed by atoms with E-state index >= 15 is 0 Å². The Balaban J connectivity index is 1.77. The SMILES string of the molecule is COCCOc1ccc(-c2c(C#N)c(SCc3cccnc3)nc(N3CC(C)(F)C3)c2C#N)cc1. The lowest BCUT2D eigenvalue weighted by molar-refractivity contribution is 0.143. The second kappa shape index (κ2) is 10.7. The van der Waals surface area contributed by atoms with Gasteiger partial charge in [-0.2, -0.15) is 10.5 Å². The zero-order valence-electron chi connectivity index (χ0n) is 19.5. The van der Waals surface area contributed by atoms with Gasteiger partial charge in [0.2, 0.25) is 0 Å². The van der Waals surface area contributed by atoms with Crippen molar-refractivity contribution in [3.05, 3.63) is 65.5 Å². The van der Waals surface area contributed by atoms with Crippen molar-refractivity contribution in [3.8, 4) is 29.0 Å². The third-order valence-corrected chi connectivity index (χ3v) is 6.55. The van der Waals surface area contributed by atoms with Gasteiger partial charge in [-0.3, -0.25) is 4.98 Å². The summed E-state index contributed by atoms with van der Waals surface area (Å²) in [6.07, 6.45) is 3.46. The Morgan fingerprint density at radius 3 is 2.46 bits per heavy atom. The van der Waals surface area contributed by atoms with Gasteiger partial charge in [-0.05, 0) is 36.2 Å². The van der Waals surface area contributed by atoms with Crippen molar-refractivity contribution in [1.82, 2.24) is 9.97 Å². The van der Waals surface area contributed by atoms with Crippen LogP contribution >= 0.6 is 11.8 Å². The molecule has 7 nitrogen and oxygen atoms in total. The topological polar surface area (TPSA) is 95.1 Å². The summed E-state index contributed by atoms with van der Waals surface area (Å²) < 4.78 is 25.0. The first kappa shape index (κ1) is 24.5. The zero-order chi connectivity index (χ0) is 24.8. The molecule has 0 saturated carbocycles. The number of benzene rings is 1. The summed E-state index contributed by atoms with van der Waals surface area (Å²) >= 11 is 1.39. The molecule has 35 heavy (non-hydrogen) atoms. The molecule has 1 aromatic carbocycles. The Bertz CT molecular complexity index is 1260. The molecule has 0 unspecified atom stereocenters. The molecule has 0 aliphatic carbocycles. The number of aromatic nitrogens is 2. The number of hydrogen-bond donors (Lipinski definition) is 0. The molecule has 2 aromatic heterocycles. The van der Waals surface area contributed by atoms with Crippen LogP contribution in [0.5, 0.6) is 5.75 Å². The van der Waals surface area contributed by atoms with E-state index in [1.165, 1.54) is 18.7 Å². The van der Waals surface area contributed by atoms with E-state index in [1.807, 2.05) is 24.3 Å². The van der Waals surface area contributed by atoms with Crippen molar-refractivity contribution in [3.63, 3.8) is 0 Å². The fourth-order valence-electron chi connectivity index (χ4n) is 3.88. The molecule has 1 aliphatic heterocycles. The van der Waals surface area contributed by atoms with Gasteiger partial charge in [0.15, 0.2) is 0 Å². The summed E-state index contributed by atoms with van der Waals surface area (Å²) in [7, 11) is 1.61. The summed E-state index contributed by atoms with van der Waals surface area (Å²) in [6, 6.07) is 15.5. The van der Waals surface area contributed by atoms with Crippen molar-refractivity contribution in [1.29, 1.82) is 10.5 Å². The Kier molecular flexibility index (Phi) is 7.50. The fraction of sp³-hybridized carbons (Fsp3) is 0.308. The number of thioether (sulfide) groups is 1. The van der Waals surface area contributed by atoms with Gasteiger partial charge in [-0.15, -0.1) is 11.8 Å². The fourth-order valence-corrected chi connectivity index (χ4v) is 4.80. The minimum absolute atomic E-state index is 0.138. The molecule has 0 bridgehead atoms. The van der Waals surface area contributed by atoms with Crippen LogP contribution in [0.15, 0.2) is 53.8 Å². The standard InChI is InChI=1S/C26H24FN5O2S/c1-26(27)16-32(17-26)24-21(12-28)23(19-5-7-20(8-6-19)34-11-10-33-2)22(13-29)25(31-24)35-15-18-4-3-9-30-14-18/h3-9,14H,10-11,15-17H2,1-2H3. The highest BCUT2D eigenvalue weighted by atomic mass is 32.2. The normalized spacial score (nSPS) is 14.0. The summed E-state index contributed by atoms with van der Waals surface area (Å²) in [4.78, 5) is 10.6. The zero-order valence-corrected chi connectivity index (χ0v) is 20.3. The van der Waals surface area contributed by atoms with E-state index in [1.54, 1.807) is 36.5 Å². The van der Waals surface area contributed by atoms with Crippen LogP contribution in [0.2, 0.25) is 0 Å². The van der Waals surface area contributed by atoms with Gasteiger partial charge in [0.1, 0.15) is 46.6 Å². The van der Waals surface area contributed by atoms with E-state index in [0.29, 0.717) is 52.3 Å². The molecule has 0 atom stereocenters. The van der Waals surface area contributed by atoms with Gasteiger partial charge < -0.3 is 14.4 Å². The molecule has 9 heteroatoms. The van der Waals surface area contributed by atoms with Crippen molar-refractivity contribution >= 4 is 17.6 Å². The third-order valence-electron chi connectivity index (χ3n) is 5.51.